The van der Waals surface area contributed by atoms with Gasteiger partial charge in [0, 0.05) is 0 Å². The molecule has 0 heterocycles. The molecular weight excluding hydrogens is 405 g/mol. The van der Waals surface area contributed by atoms with Gasteiger partial charge in [-0.2, -0.15) is 0 Å². The van der Waals surface area contributed by atoms with Crippen molar-refractivity contribution in [1.29, 1.82) is 0 Å². The van der Waals surface area contributed by atoms with E-state index < -0.39 is 17.5 Å². The summed E-state index contributed by atoms with van der Waals surface area (Å²) in [6, 6.07) is 2.43. The molecule has 0 nitrogen and oxygen atoms in total. The third-order valence-corrected chi connectivity index (χ3v) is 9.51. The monoisotopic (exact) mass is 448 g/mol. The van der Waals surface area contributed by atoms with Gasteiger partial charge in [0.15, 0.2) is 17.5 Å². The first kappa shape index (κ1) is 24.1. The van der Waals surface area contributed by atoms with Crippen molar-refractivity contribution in [1.82, 2.24) is 0 Å². The minimum absolute atomic E-state index is 0.180. The summed E-state index contributed by atoms with van der Waals surface area (Å²) >= 11 is 0. The molecule has 3 aliphatic carbocycles. The van der Waals surface area contributed by atoms with E-state index in [0.29, 0.717) is 5.56 Å². The van der Waals surface area contributed by atoms with Crippen molar-refractivity contribution in [2.75, 3.05) is 0 Å². The molecule has 0 aliphatic heterocycles. The van der Waals surface area contributed by atoms with Crippen molar-refractivity contribution in [2.24, 2.45) is 29.6 Å². The summed E-state index contributed by atoms with van der Waals surface area (Å²) in [6.45, 7) is 2.30. The van der Waals surface area contributed by atoms with E-state index in [2.05, 4.69) is 6.92 Å². The van der Waals surface area contributed by atoms with Gasteiger partial charge in [0.05, 0.1) is 0 Å². The summed E-state index contributed by atoms with van der Waals surface area (Å²) in [7, 11) is 0. The van der Waals surface area contributed by atoms with Crippen LogP contribution in [0.2, 0.25) is 0 Å². The zero-order chi connectivity index (χ0) is 22.5. The second-order valence-electron chi connectivity index (χ2n) is 11.4. The Kier molecular flexibility index (Phi) is 8.62. The van der Waals surface area contributed by atoms with Crippen LogP contribution in [0.15, 0.2) is 12.1 Å². The van der Waals surface area contributed by atoms with Crippen LogP contribution in [0.25, 0.3) is 0 Å². The van der Waals surface area contributed by atoms with Gasteiger partial charge in [-0.05, 0) is 117 Å². The van der Waals surface area contributed by atoms with Crippen LogP contribution >= 0.6 is 0 Å². The van der Waals surface area contributed by atoms with Crippen LogP contribution in [-0.2, 0) is 0 Å². The first-order chi connectivity index (χ1) is 15.5. The van der Waals surface area contributed by atoms with Crippen LogP contribution in [0.3, 0.4) is 0 Å². The number of hydrogen-bond acceptors (Lipinski definition) is 0. The Labute approximate surface area is 193 Å². The molecule has 3 aliphatic rings. The van der Waals surface area contributed by atoms with E-state index in [1.54, 1.807) is 0 Å². The van der Waals surface area contributed by atoms with Gasteiger partial charge in [-0.15, -0.1) is 0 Å². The van der Waals surface area contributed by atoms with E-state index >= 15 is 0 Å². The molecule has 3 saturated carbocycles. The summed E-state index contributed by atoms with van der Waals surface area (Å²) < 4.78 is 40.5. The maximum Gasteiger partial charge on any atom is 0.194 e. The molecule has 0 unspecified atom stereocenters. The van der Waals surface area contributed by atoms with E-state index in [1.165, 1.54) is 89.2 Å². The van der Waals surface area contributed by atoms with Gasteiger partial charge in [-0.1, -0.05) is 45.4 Å². The fraction of sp³-hybridized carbons (Fsp3) is 0.793. The molecule has 0 bridgehead atoms. The lowest BCUT2D eigenvalue weighted by Crippen LogP contribution is -2.29. The quantitative estimate of drug-likeness (QED) is 0.288. The molecule has 0 radical (unpaired) electrons. The third-order valence-electron chi connectivity index (χ3n) is 9.51. The van der Waals surface area contributed by atoms with Crippen LogP contribution in [-0.4, -0.2) is 0 Å². The smallest absolute Gasteiger partial charge is 0.194 e. The van der Waals surface area contributed by atoms with Crippen molar-refractivity contribution >= 4 is 0 Å². The molecule has 4 rings (SSSR count). The van der Waals surface area contributed by atoms with Gasteiger partial charge in [-0.3, -0.25) is 0 Å². The Morgan fingerprint density at radius 2 is 1.06 bits per heavy atom. The highest BCUT2D eigenvalue weighted by molar-refractivity contribution is 5.23. The molecule has 0 aromatic heterocycles. The molecule has 1 aromatic carbocycles. The van der Waals surface area contributed by atoms with Gasteiger partial charge >= 0.3 is 0 Å². The number of rotatable bonds is 7. The lowest BCUT2D eigenvalue weighted by Gasteiger charge is -2.41. The highest BCUT2D eigenvalue weighted by Gasteiger charge is 2.35. The number of unbranched alkanes of at least 4 members (excludes halogenated alkanes) is 2. The van der Waals surface area contributed by atoms with Gasteiger partial charge in [0.25, 0.3) is 0 Å². The van der Waals surface area contributed by atoms with Gasteiger partial charge < -0.3 is 0 Å². The van der Waals surface area contributed by atoms with Crippen LogP contribution in [0.5, 0.6) is 0 Å². The highest BCUT2D eigenvalue weighted by atomic mass is 19.2. The summed E-state index contributed by atoms with van der Waals surface area (Å²) in [5.74, 6) is 1.32. The Bertz CT molecular complexity index is 682. The Balaban J connectivity index is 1.18. The molecule has 3 fully saturated rings. The normalized spacial score (nSPS) is 33.9. The summed E-state index contributed by atoms with van der Waals surface area (Å²) in [5.41, 5.74) is 0.647. The fourth-order valence-corrected chi connectivity index (χ4v) is 7.45. The molecule has 180 valence electrons. The zero-order valence-electron chi connectivity index (χ0n) is 20.1. The van der Waals surface area contributed by atoms with Gasteiger partial charge in [0.1, 0.15) is 0 Å². The first-order valence-corrected chi connectivity index (χ1v) is 13.7. The second-order valence-corrected chi connectivity index (χ2v) is 11.4. The van der Waals surface area contributed by atoms with Crippen molar-refractivity contribution in [3.63, 3.8) is 0 Å². The van der Waals surface area contributed by atoms with Crippen molar-refractivity contribution in [3.8, 4) is 0 Å². The predicted molar refractivity (Wildman–Crippen MR) is 126 cm³/mol. The first-order valence-electron chi connectivity index (χ1n) is 13.7. The van der Waals surface area contributed by atoms with Gasteiger partial charge in [0.2, 0.25) is 0 Å². The molecule has 0 N–H and O–H groups in total. The average molecular weight is 449 g/mol. The molecule has 3 heteroatoms. The molecule has 32 heavy (non-hydrogen) atoms. The van der Waals surface area contributed by atoms with Crippen LogP contribution in [0, 0.1) is 47.0 Å². The Morgan fingerprint density at radius 1 is 0.625 bits per heavy atom. The van der Waals surface area contributed by atoms with E-state index in [0.717, 1.165) is 55.3 Å². The largest absolute Gasteiger partial charge is 0.204 e. The summed E-state index contributed by atoms with van der Waals surface area (Å²) in [5, 5.41) is 0. The minimum Gasteiger partial charge on any atom is -0.204 e. The number of benzene rings is 1. The van der Waals surface area contributed by atoms with E-state index in [9.17, 15) is 13.2 Å². The number of halogens is 3. The van der Waals surface area contributed by atoms with Crippen LogP contribution in [0.1, 0.15) is 121 Å². The number of hydrogen-bond donors (Lipinski definition) is 0. The average Bonchev–Trinajstić information content (AvgIpc) is 2.83. The second kappa shape index (κ2) is 11.4. The van der Waals surface area contributed by atoms with Crippen molar-refractivity contribution in [2.45, 2.75) is 116 Å². The van der Waals surface area contributed by atoms with Crippen LogP contribution in [0.4, 0.5) is 13.2 Å². The fourth-order valence-electron chi connectivity index (χ4n) is 7.45. The van der Waals surface area contributed by atoms with E-state index in [1.807, 2.05) is 0 Å². The highest BCUT2D eigenvalue weighted by Crippen LogP contribution is 2.47. The molecule has 0 spiro atoms. The topological polar surface area (TPSA) is 0 Å². The zero-order valence-corrected chi connectivity index (χ0v) is 20.1. The predicted octanol–water partition coefficient (Wildman–Crippen LogP) is 9.57. The minimum atomic E-state index is -1.34. The van der Waals surface area contributed by atoms with Crippen molar-refractivity contribution in [3.05, 3.63) is 35.1 Å². The Morgan fingerprint density at radius 3 is 1.53 bits per heavy atom. The molecule has 0 amide bonds. The summed E-state index contributed by atoms with van der Waals surface area (Å²) in [6.07, 6.45) is 21.4. The van der Waals surface area contributed by atoms with E-state index in [4.69, 9.17) is 0 Å². The third kappa shape index (κ3) is 5.92. The van der Waals surface area contributed by atoms with E-state index in [-0.39, 0.29) is 5.92 Å². The maximum atomic E-state index is 13.6. The summed E-state index contributed by atoms with van der Waals surface area (Å²) in [4.78, 5) is 0. The molecule has 1 aromatic rings. The molecular formula is C29H43F3. The standard InChI is InChI=1S/C29H43F3/c1-2-3-4-5-20-6-8-21(9-7-20)22-10-12-23(13-11-22)24-14-16-25(17-15-24)26-18-27(30)29(32)28(31)19-26/h18-25H,2-17H2,1H3. The maximum absolute atomic E-state index is 13.6. The lowest BCUT2D eigenvalue weighted by atomic mass is 9.64. The van der Waals surface area contributed by atoms with Crippen molar-refractivity contribution < 1.29 is 13.2 Å². The van der Waals surface area contributed by atoms with Gasteiger partial charge in [-0.25, -0.2) is 13.2 Å². The molecule has 0 saturated heterocycles. The lowest BCUT2D eigenvalue weighted by molar-refractivity contribution is 0.108. The molecule has 0 atom stereocenters. The SMILES string of the molecule is CCCCCC1CCC(C2CCC(C3CCC(c4cc(F)c(F)c(F)c4)CC3)CC2)CC1. The Hall–Kier alpha value is -0.990. The van der Waals surface area contributed by atoms with Crippen LogP contribution < -0.4 is 0 Å².